The maximum absolute atomic E-state index is 6.48. The summed E-state index contributed by atoms with van der Waals surface area (Å²) < 4.78 is 6.48. The van der Waals surface area contributed by atoms with E-state index in [1.54, 1.807) is 0 Å². The van der Waals surface area contributed by atoms with E-state index in [4.69, 9.17) is 4.74 Å². The van der Waals surface area contributed by atoms with Gasteiger partial charge in [0.25, 0.3) is 0 Å². The fraction of sp³-hybridized carbons (Fsp3) is 0.625. The van der Waals surface area contributed by atoms with E-state index in [-0.39, 0.29) is 11.7 Å². The molecule has 2 fully saturated rings. The van der Waals surface area contributed by atoms with Crippen molar-refractivity contribution in [1.29, 1.82) is 0 Å². The Kier molecular flexibility index (Phi) is 3.40. The molecule has 1 unspecified atom stereocenters. The number of morpholine rings is 1. The van der Waals surface area contributed by atoms with Crippen molar-refractivity contribution in [2.24, 2.45) is 0 Å². The van der Waals surface area contributed by atoms with Gasteiger partial charge in [0.1, 0.15) is 0 Å². The predicted octanol–water partition coefficient (Wildman–Crippen LogP) is 3.36. The number of rotatable bonds is 1. The third-order valence-electron chi connectivity index (χ3n) is 4.38. The van der Waals surface area contributed by atoms with E-state index in [0.29, 0.717) is 0 Å². The molecule has 1 saturated heterocycles. The lowest BCUT2D eigenvalue weighted by Gasteiger charge is -2.44. The number of ether oxygens (including phenoxy) is 1. The summed E-state index contributed by atoms with van der Waals surface area (Å²) in [4.78, 5) is 0. The summed E-state index contributed by atoms with van der Waals surface area (Å²) in [5.41, 5.74) is 2.75. The van der Waals surface area contributed by atoms with Crippen molar-refractivity contribution in [2.75, 3.05) is 13.1 Å². The maximum Gasteiger partial charge on any atom is 0.0957 e. The molecule has 2 heteroatoms. The van der Waals surface area contributed by atoms with Crippen molar-refractivity contribution < 1.29 is 4.74 Å². The second-order valence-electron chi connectivity index (χ2n) is 5.89. The summed E-state index contributed by atoms with van der Waals surface area (Å²) in [6.07, 6.45) is 6.70. The Morgan fingerprint density at radius 2 is 1.83 bits per heavy atom. The zero-order chi connectivity index (χ0) is 12.4. The van der Waals surface area contributed by atoms with Crippen LogP contribution in [-0.2, 0) is 4.74 Å². The van der Waals surface area contributed by atoms with Gasteiger partial charge >= 0.3 is 0 Å². The molecule has 1 spiro atoms. The van der Waals surface area contributed by atoms with Gasteiger partial charge in [-0.15, -0.1) is 0 Å². The Bertz CT molecular complexity index is 387. The molecule has 1 heterocycles. The van der Waals surface area contributed by atoms with Gasteiger partial charge in [0.15, 0.2) is 0 Å². The predicted molar refractivity (Wildman–Crippen MR) is 73.7 cm³/mol. The monoisotopic (exact) mass is 245 g/mol. The Labute approximate surface area is 110 Å². The van der Waals surface area contributed by atoms with Crippen molar-refractivity contribution in [3.05, 3.63) is 35.4 Å². The summed E-state index contributed by atoms with van der Waals surface area (Å²) >= 11 is 0. The fourth-order valence-electron chi connectivity index (χ4n) is 3.27. The maximum atomic E-state index is 6.48. The molecule has 0 aromatic heterocycles. The first-order valence-corrected chi connectivity index (χ1v) is 7.23. The van der Waals surface area contributed by atoms with Gasteiger partial charge in [-0.2, -0.15) is 0 Å². The molecule has 1 aliphatic carbocycles. The van der Waals surface area contributed by atoms with Crippen molar-refractivity contribution in [2.45, 2.75) is 50.7 Å². The number of benzene rings is 1. The van der Waals surface area contributed by atoms with Crippen LogP contribution in [0.25, 0.3) is 0 Å². The molecule has 2 aliphatic rings. The van der Waals surface area contributed by atoms with Gasteiger partial charge in [0, 0.05) is 13.1 Å². The molecule has 1 aliphatic heterocycles. The molecule has 3 rings (SSSR count). The van der Waals surface area contributed by atoms with Gasteiger partial charge in [-0.3, -0.25) is 0 Å². The highest BCUT2D eigenvalue weighted by Gasteiger charge is 2.38. The highest BCUT2D eigenvalue weighted by atomic mass is 16.5. The second-order valence-corrected chi connectivity index (χ2v) is 5.89. The van der Waals surface area contributed by atoms with Crippen LogP contribution in [-0.4, -0.2) is 18.7 Å². The highest BCUT2D eigenvalue weighted by molar-refractivity contribution is 5.24. The van der Waals surface area contributed by atoms with Crippen molar-refractivity contribution in [3.8, 4) is 0 Å². The summed E-state index contributed by atoms with van der Waals surface area (Å²) in [6, 6.07) is 8.79. The molecule has 1 saturated carbocycles. The van der Waals surface area contributed by atoms with Crippen molar-refractivity contribution in [1.82, 2.24) is 5.32 Å². The number of nitrogens with one attached hydrogen (secondary N) is 1. The van der Waals surface area contributed by atoms with Crippen molar-refractivity contribution in [3.63, 3.8) is 0 Å². The first-order chi connectivity index (χ1) is 8.77. The van der Waals surface area contributed by atoms with Crippen LogP contribution in [0.1, 0.15) is 49.3 Å². The number of hydrogen-bond acceptors (Lipinski definition) is 2. The van der Waals surface area contributed by atoms with E-state index in [2.05, 4.69) is 36.5 Å². The van der Waals surface area contributed by atoms with Crippen molar-refractivity contribution >= 4 is 0 Å². The van der Waals surface area contributed by atoms with Gasteiger partial charge in [0.2, 0.25) is 0 Å². The average Bonchev–Trinajstić information content (AvgIpc) is 2.40. The van der Waals surface area contributed by atoms with E-state index in [1.165, 1.54) is 43.2 Å². The third-order valence-corrected chi connectivity index (χ3v) is 4.38. The van der Waals surface area contributed by atoms with Crippen LogP contribution in [0.3, 0.4) is 0 Å². The molecule has 1 N–H and O–H groups in total. The van der Waals surface area contributed by atoms with E-state index in [1.807, 2.05) is 0 Å². The van der Waals surface area contributed by atoms with Crippen LogP contribution in [0.5, 0.6) is 0 Å². The Balaban J connectivity index is 1.75. The molecule has 0 amide bonds. The van der Waals surface area contributed by atoms with Gasteiger partial charge < -0.3 is 10.1 Å². The number of aryl methyl sites for hydroxylation is 1. The standard InChI is InChI=1S/C16H23NO/c1-13-5-7-14(8-6-13)15-11-17-12-16(18-15)9-3-2-4-10-16/h5-8,15,17H,2-4,9-12H2,1H3. The Hall–Kier alpha value is -0.860. The van der Waals surface area contributed by atoms with Crippen LogP contribution in [0.15, 0.2) is 24.3 Å². The summed E-state index contributed by atoms with van der Waals surface area (Å²) in [5.74, 6) is 0. The largest absolute Gasteiger partial charge is 0.364 e. The minimum absolute atomic E-state index is 0.117. The van der Waals surface area contributed by atoms with Crippen LogP contribution < -0.4 is 5.32 Å². The van der Waals surface area contributed by atoms with E-state index >= 15 is 0 Å². The molecule has 18 heavy (non-hydrogen) atoms. The SMILES string of the molecule is Cc1ccc(C2CNCC3(CCCCC3)O2)cc1. The van der Waals surface area contributed by atoms with E-state index in [0.717, 1.165) is 13.1 Å². The van der Waals surface area contributed by atoms with E-state index < -0.39 is 0 Å². The minimum Gasteiger partial charge on any atom is -0.364 e. The molecule has 0 bridgehead atoms. The molecule has 2 nitrogen and oxygen atoms in total. The minimum atomic E-state index is 0.117. The molecular weight excluding hydrogens is 222 g/mol. The topological polar surface area (TPSA) is 21.3 Å². The van der Waals surface area contributed by atoms with Crippen LogP contribution in [0, 0.1) is 6.92 Å². The zero-order valence-electron chi connectivity index (χ0n) is 11.2. The number of hydrogen-bond donors (Lipinski definition) is 1. The van der Waals surface area contributed by atoms with Gasteiger partial charge in [-0.25, -0.2) is 0 Å². The molecule has 1 atom stereocenters. The highest BCUT2D eigenvalue weighted by Crippen LogP contribution is 2.37. The average molecular weight is 245 g/mol. The van der Waals surface area contributed by atoms with Crippen LogP contribution in [0.2, 0.25) is 0 Å². The molecular formula is C16H23NO. The molecule has 0 radical (unpaired) electrons. The summed E-state index contributed by atoms with van der Waals surface area (Å²) in [6.45, 7) is 4.12. The molecule has 1 aromatic carbocycles. The van der Waals surface area contributed by atoms with Gasteiger partial charge in [0.05, 0.1) is 11.7 Å². The smallest absolute Gasteiger partial charge is 0.0957 e. The van der Waals surface area contributed by atoms with Crippen LogP contribution in [0.4, 0.5) is 0 Å². The van der Waals surface area contributed by atoms with Gasteiger partial charge in [-0.05, 0) is 25.3 Å². The quantitative estimate of drug-likeness (QED) is 0.819. The van der Waals surface area contributed by atoms with Crippen LogP contribution >= 0.6 is 0 Å². The lowest BCUT2D eigenvalue weighted by Crippen LogP contribution is -2.51. The van der Waals surface area contributed by atoms with E-state index in [9.17, 15) is 0 Å². The molecule has 1 aromatic rings. The lowest BCUT2D eigenvalue weighted by atomic mass is 9.83. The first-order valence-electron chi connectivity index (χ1n) is 7.23. The second kappa shape index (κ2) is 5.02. The lowest BCUT2D eigenvalue weighted by molar-refractivity contribution is -0.135. The molecule has 98 valence electrons. The normalized spacial score (nSPS) is 27.3. The Morgan fingerprint density at radius 3 is 2.56 bits per heavy atom. The summed E-state index contributed by atoms with van der Waals surface area (Å²) in [7, 11) is 0. The fourth-order valence-corrected chi connectivity index (χ4v) is 3.27. The van der Waals surface area contributed by atoms with Gasteiger partial charge in [-0.1, -0.05) is 49.1 Å². The first kappa shape index (κ1) is 12.2. The Morgan fingerprint density at radius 1 is 1.11 bits per heavy atom. The third kappa shape index (κ3) is 2.45. The summed E-state index contributed by atoms with van der Waals surface area (Å²) in [5, 5.41) is 3.58. The zero-order valence-corrected chi connectivity index (χ0v) is 11.2.